The van der Waals surface area contributed by atoms with Crippen molar-refractivity contribution in [3.8, 4) is 22.6 Å². The van der Waals surface area contributed by atoms with Gasteiger partial charge in [0.2, 0.25) is 0 Å². The lowest BCUT2D eigenvalue weighted by molar-refractivity contribution is 0.0695. The predicted molar refractivity (Wildman–Crippen MR) is 150 cm³/mol. The van der Waals surface area contributed by atoms with Gasteiger partial charge < -0.3 is 15.3 Å². The molecule has 2 heterocycles. The second kappa shape index (κ2) is 10.8. The molecule has 0 amide bonds. The first-order valence-corrected chi connectivity index (χ1v) is 14.1. The van der Waals surface area contributed by atoms with Crippen LogP contribution in [-0.2, 0) is 0 Å². The number of carbonyl (C=O) groups is 1. The second-order valence-electron chi connectivity index (χ2n) is 11.2. The number of carboxylic acids is 1. The van der Waals surface area contributed by atoms with E-state index in [1.54, 1.807) is 4.68 Å². The number of nitrogens with zero attached hydrogens (tertiary/aromatic N) is 3. The van der Waals surface area contributed by atoms with Crippen LogP contribution in [0.4, 0.5) is 0 Å². The highest BCUT2D eigenvalue weighted by Gasteiger charge is 2.46. The third-order valence-electron chi connectivity index (χ3n) is 8.43. The van der Waals surface area contributed by atoms with Crippen molar-refractivity contribution < 1.29 is 14.6 Å². The van der Waals surface area contributed by atoms with Gasteiger partial charge in [0.1, 0.15) is 11.3 Å². The molecule has 2 saturated carbocycles. The van der Waals surface area contributed by atoms with Crippen molar-refractivity contribution in [1.29, 1.82) is 0 Å². The molecule has 8 heteroatoms. The number of hydrogen-bond donors (Lipinski definition) is 3. The van der Waals surface area contributed by atoms with Gasteiger partial charge in [-0.2, -0.15) is 5.10 Å². The number of benzene rings is 2. The number of aromatic nitrogens is 2. The Balaban J connectivity index is 1.25. The highest BCUT2D eigenvalue weighted by atomic mass is 16.5. The lowest BCUT2D eigenvalue weighted by Gasteiger charge is -2.24. The number of aromatic carboxylic acids is 1. The number of hydrazine groups is 2. The van der Waals surface area contributed by atoms with Gasteiger partial charge in [0.25, 0.3) is 0 Å². The van der Waals surface area contributed by atoms with E-state index in [9.17, 15) is 9.90 Å². The summed E-state index contributed by atoms with van der Waals surface area (Å²) in [5.74, 6) is 0.854. The van der Waals surface area contributed by atoms with Crippen LogP contribution in [0.5, 0.6) is 5.75 Å². The zero-order valence-electron chi connectivity index (χ0n) is 22.6. The molecule has 2 fully saturated rings. The molecule has 0 bridgehead atoms. The summed E-state index contributed by atoms with van der Waals surface area (Å²) < 4.78 is 8.24. The number of ether oxygens (including phenoxy) is 1. The molecule has 3 aliphatic rings. The van der Waals surface area contributed by atoms with Crippen LogP contribution in [-0.4, -0.2) is 39.0 Å². The van der Waals surface area contributed by atoms with Gasteiger partial charge in [0.15, 0.2) is 0 Å². The van der Waals surface area contributed by atoms with E-state index in [4.69, 9.17) is 4.74 Å². The van der Waals surface area contributed by atoms with Crippen molar-refractivity contribution in [3.63, 3.8) is 0 Å². The fraction of sp³-hybridized carbons (Fsp3) is 0.419. The zero-order valence-corrected chi connectivity index (χ0v) is 22.6. The van der Waals surface area contributed by atoms with Gasteiger partial charge in [-0.1, -0.05) is 49.9 Å². The first kappa shape index (κ1) is 25.5. The maximum atomic E-state index is 12.1. The summed E-state index contributed by atoms with van der Waals surface area (Å²) in [6.45, 7) is 2.21. The van der Waals surface area contributed by atoms with Crippen molar-refractivity contribution in [1.82, 2.24) is 25.7 Å². The van der Waals surface area contributed by atoms with E-state index < -0.39 is 5.97 Å². The van der Waals surface area contributed by atoms with Crippen LogP contribution < -0.4 is 15.7 Å². The summed E-state index contributed by atoms with van der Waals surface area (Å²) in [5, 5.41) is 16.3. The molecule has 1 aliphatic heterocycles. The van der Waals surface area contributed by atoms with E-state index in [-0.39, 0.29) is 23.5 Å². The van der Waals surface area contributed by atoms with Crippen LogP contribution in [0.1, 0.15) is 73.8 Å². The standard InChI is InChI=1S/C31H37N5O3/c1-20(21-9-5-3-4-6-10-21)39-25-14-8-12-23(16-25)22-11-7-13-24(15-22)36-30(28(18-32-36)31(37)38)27-17-26(27)29-19-35(2)34-33-29/h7-8,11-16,18-21,26-27,33-34H,3-6,9-10,17H2,1-2H3,(H,37,38)/t20?,26-,27?/m0/s1. The number of carboxylic acid groups (broad SMARTS) is 1. The van der Waals surface area contributed by atoms with Crippen molar-refractivity contribution >= 4 is 5.97 Å². The number of allylic oxidation sites excluding steroid dienone is 1. The largest absolute Gasteiger partial charge is 0.490 e. The van der Waals surface area contributed by atoms with Crippen molar-refractivity contribution in [2.45, 2.75) is 63.9 Å². The van der Waals surface area contributed by atoms with E-state index >= 15 is 0 Å². The average Bonchev–Trinajstić information content (AvgIpc) is 3.52. The van der Waals surface area contributed by atoms with Crippen molar-refractivity contribution in [2.75, 3.05) is 7.05 Å². The van der Waals surface area contributed by atoms with Crippen LogP contribution in [0.25, 0.3) is 16.8 Å². The highest BCUT2D eigenvalue weighted by molar-refractivity contribution is 5.89. The van der Waals surface area contributed by atoms with Crippen LogP contribution >= 0.6 is 0 Å². The number of nitrogens with one attached hydrogen (secondary N) is 2. The molecule has 0 saturated heterocycles. The molecule has 2 unspecified atom stereocenters. The van der Waals surface area contributed by atoms with Gasteiger partial charge in [-0.3, -0.25) is 5.01 Å². The van der Waals surface area contributed by atoms with E-state index in [1.165, 1.54) is 44.7 Å². The molecule has 8 nitrogen and oxygen atoms in total. The maximum Gasteiger partial charge on any atom is 0.339 e. The van der Waals surface area contributed by atoms with E-state index in [0.717, 1.165) is 40.4 Å². The summed E-state index contributed by atoms with van der Waals surface area (Å²) in [4.78, 5) is 12.1. The molecular weight excluding hydrogens is 490 g/mol. The van der Waals surface area contributed by atoms with Crippen LogP contribution in [0.15, 0.2) is 66.6 Å². The quantitative estimate of drug-likeness (QED) is 0.315. The highest BCUT2D eigenvalue weighted by Crippen LogP contribution is 2.52. The second-order valence-corrected chi connectivity index (χ2v) is 11.2. The molecule has 1 aromatic heterocycles. The average molecular weight is 528 g/mol. The lowest BCUT2D eigenvalue weighted by Crippen LogP contribution is -2.33. The van der Waals surface area contributed by atoms with Gasteiger partial charge in [0, 0.05) is 30.8 Å². The molecular formula is C31H37N5O3. The monoisotopic (exact) mass is 527 g/mol. The van der Waals surface area contributed by atoms with Gasteiger partial charge in [0.05, 0.1) is 23.7 Å². The number of rotatable bonds is 8. The van der Waals surface area contributed by atoms with Crippen LogP contribution in [0.2, 0.25) is 0 Å². The third-order valence-corrected chi connectivity index (χ3v) is 8.43. The van der Waals surface area contributed by atoms with E-state index in [0.29, 0.717) is 5.92 Å². The Morgan fingerprint density at radius 1 is 1.05 bits per heavy atom. The molecule has 2 aliphatic carbocycles. The fourth-order valence-corrected chi connectivity index (χ4v) is 6.20. The minimum atomic E-state index is -0.950. The van der Waals surface area contributed by atoms with Crippen molar-refractivity contribution in [3.05, 3.63) is 77.9 Å². The Bertz CT molecular complexity index is 1370. The summed E-state index contributed by atoms with van der Waals surface area (Å²) in [7, 11) is 1.92. The predicted octanol–water partition coefficient (Wildman–Crippen LogP) is 5.87. The van der Waals surface area contributed by atoms with Crippen molar-refractivity contribution in [2.24, 2.45) is 11.8 Å². The summed E-state index contributed by atoms with van der Waals surface area (Å²) in [6.07, 6.45) is 12.3. The molecule has 3 aromatic rings. The summed E-state index contributed by atoms with van der Waals surface area (Å²) in [6, 6.07) is 16.4. The van der Waals surface area contributed by atoms with Gasteiger partial charge >= 0.3 is 5.97 Å². The first-order valence-electron chi connectivity index (χ1n) is 14.1. The van der Waals surface area contributed by atoms with Gasteiger partial charge in [-0.25, -0.2) is 9.48 Å². The Kier molecular flexibility index (Phi) is 7.04. The Morgan fingerprint density at radius 2 is 1.79 bits per heavy atom. The first-order chi connectivity index (χ1) is 19.0. The summed E-state index contributed by atoms with van der Waals surface area (Å²) in [5.41, 5.74) is 11.3. The lowest BCUT2D eigenvalue weighted by atomic mass is 9.95. The van der Waals surface area contributed by atoms with Gasteiger partial charge in [-0.05, 0) is 67.5 Å². The van der Waals surface area contributed by atoms with E-state index in [2.05, 4.69) is 47.2 Å². The molecule has 3 N–H and O–H groups in total. The minimum absolute atomic E-state index is 0.0801. The smallest absolute Gasteiger partial charge is 0.339 e. The topological polar surface area (TPSA) is 91.7 Å². The molecule has 6 rings (SSSR count). The summed E-state index contributed by atoms with van der Waals surface area (Å²) >= 11 is 0. The molecule has 0 spiro atoms. The molecule has 3 atom stereocenters. The minimum Gasteiger partial charge on any atom is -0.490 e. The number of hydrogen-bond acceptors (Lipinski definition) is 6. The van der Waals surface area contributed by atoms with Gasteiger partial charge in [-0.15, -0.1) is 5.53 Å². The molecule has 0 radical (unpaired) electrons. The zero-order chi connectivity index (χ0) is 26.9. The Labute approximate surface area is 229 Å². The van der Waals surface area contributed by atoms with Crippen LogP contribution in [0.3, 0.4) is 0 Å². The molecule has 2 aromatic carbocycles. The third kappa shape index (κ3) is 5.39. The normalized spacial score (nSPS) is 22.1. The Morgan fingerprint density at radius 3 is 2.51 bits per heavy atom. The SMILES string of the molecule is CC(Oc1cccc(-c2cccc(-n3ncc(C(=O)O)c3C3C[C@@H]3C3=CN(C)NN3)c2)c1)C1CCCCCC1. The van der Waals surface area contributed by atoms with E-state index in [1.807, 2.05) is 42.5 Å². The fourth-order valence-electron chi connectivity index (χ4n) is 6.20. The van der Waals surface area contributed by atoms with Crippen LogP contribution in [0, 0.1) is 11.8 Å². The Hall–Kier alpha value is -3.78. The molecule has 204 valence electrons. The molecule has 39 heavy (non-hydrogen) atoms. The maximum absolute atomic E-state index is 12.1.